The topological polar surface area (TPSA) is 54.0 Å². The highest BCUT2D eigenvalue weighted by molar-refractivity contribution is 6.63. The molecule has 0 aromatic heterocycles. The number of carbonyl (C=O) groups excluding carboxylic acids is 1. The molecule has 0 bridgehead atoms. The van der Waals surface area contributed by atoms with Crippen LogP contribution in [0.4, 0.5) is 4.39 Å². The maximum absolute atomic E-state index is 15.4. The number of halogens is 1. The Hall–Kier alpha value is -2.38. The highest BCUT2D eigenvalue weighted by atomic mass is 19.1. The normalized spacial score (nSPS) is 17.4. The largest absolute Gasteiger partial charge is 0.498 e. The minimum Gasteiger partial charge on any atom is -0.486 e. The molecule has 0 unspecified atom stereocenters. The number of carbonyl (C=O) groups is 1. The van der Waals surface area contributed by atoms with E-state index in [2.05, 4.69) is 0 Å². The summed E-state index contributed by atoms with van der Waals surface area (Å²) in [5.74, 6) is -1.35. The molecule has 1 saturated heterocycles. The van der Waals surface area contributed by atoms with Crippen molar-refractivity contribution in [1.82, 2.24) is 0 Å². The Bertz CT molecular complexity index is 851. The standard InChI is InChI=1S/C21H24BFO5/c1-20(2)21(3,4)28-22(27-20)17-15(19(24)25-5)11-12-16(18(17)23)26-13-14-9-7-6-8-10-14/h6-12H,13H2,1-5H3. The summed E-state index contributed by atoms with van der Waals surface area (Å²) in [5, 5.41) is 0. The van der Waals surface area contributed by atoms with Crippen molar-refractivity contribution in [2.24, 2.45) is 0 Å². The van der Waals surface area contributed by atoms with Gasteiger partial charge in [-0.05, 0) is 45.4 Å². The number of esters is 1. The van der Waals surface area contributed by atoms with Crippen LogP contribution in [0.2, 0.25) is 0 Å². The average molecular weight is 386 g/mol. The van der Waals surface area contributed by atoms with Crippen LogP contribution in [0, 0.1) is 5.82 Å². The molecule has 1 aliphatic rings. The van der Waals surface area contributed by atoms with Crippen LogP contribution in [0.25, 0.3) is 0 Å². The maximum atomic E-state index is 15.4. The number of rotatable bonds is 5. The number of methoxy groups -OCH3 is 1. The fourth-order valence-corrected chi connectivity index (χ4v) is 2.90. The monoisotopic (exact) mass is 386 g/mol. The molecule has 1 aliphatic heterocycles. The van der Waals surface area contributed by atoms with E-state index < -0.39 is 30.1 Å². The Balaban J connectivity index is 1.97. The third kappa shape index (κ3) is 3.77. The molecule has 0 N–H and O–H groups in total. The molecule has 0 saturated carbocycles. The lowest BCUT2D eigenvalue weighted by Gasteiger charge is -2.32. The van der Waals surface area contributed by atoms with Gasteiger partial charge in [0.2, 0.25) is 0 Å². The van der Waals surface area contributed by atoms with E-state index in [4.69, 9.17) is 18.8 Å². The zero-order valence-electron chi connectivity index (χ0n) is 16.7. The maximum Gasteiger partial charge on any atom is 0.498 e. The molecule has 1 heterocycles. The summed E-state index contributed by atoms with van der Waals surface area (Å²) in [6.45, 7) is 7.63. The summed E-state index contributed by atoms with van der Waals surface area (Å²) >= 11 is 0. The van der Waals surface area contributed by atoms with Crippen molar-refractivity contribution < 1.29 is 28.0 Å². The SMILES string of the molecule is COC(=O)c1ccc(OCc2ccccc2)c(F)c1B1OC(C)(C)C(C)(C)O1. The van der Waals surface area contributed by atoms with Crippen LogP contribution >= 0.6 is 0 Å². The van der Waals surface area contributed by atoms with Crippen molar-refractivity contribution in [1.29, 1.82) is 0 Å². The van der Waals surface area contributed by atoms with Gasteiger partial charge in [0.05, 0.1) is 23.9 Å². The molecule has 2 aromatic carbocycles. The quantitative estimate of drug-likeness (QED) is 0.582. The molecule has 1 fully saturated rings. The first-order valence-electron chi connectivity index (χ1n) is 9.09. The Morgan fingerprint density at radius 3 is 2.21 bits per heavy atom. The fraction of sp³-hybridized carbons (Fsp3) is 0.381. The summed E-state index contributed by atoms with van der Waals surface area (Å²) < 4.78 is 37.8. The minimum absolute atomic E-state index is 0.0150. The zero-order chi connectivity index (χ0) is 20.5. The van der Waals surface area contributed by atoms with E-state index in [9.17, 15) is 4.79 Å². The Morgan fingerprint density at radius 1 is 1.04 bits per heavy atom. The van der Waals surface area contributed by atoms with Gasteiger partial charge in [0.1, 0.15) is 6.61 Å². The van der Waals surface area contributed by atoms with Crippen LogP contribution in [-0.4, -0.2) is 31.4 Å². The van der Waals surface area contributed by atoms with Crippen molar-refractivity contribution in [2.45, 2.75) is 45.5 Å². The molecule has 0 atom stereocenters. The first-order valence-corrected chi connectivity index (χ1v) is 9.09. The van der Waals surface area contributed by atoms with Gasteiger partial charge in [-0.15, -0.1) is 0 Å². The molecule has 2 aromatic rings. The molecule has 0 spiro atoms. The summed E-state index contributed by atoms with van der Waals surface area (Å²) in [6.07, 6.45) is 0. The average Bonchev–Trinajstić information content (AvgIpc) is 2.87. The lowest BCUT2D eigenvalue weighted by Crippen LogP contribution is -2.41. The summed E-state index contributed by atoms with van der Waals surface area (Å²) in [7, 11) is 0.188. The number of hydrogen-bond acceptors (Lipinski definition) is 5. The fourth-order valence-electron chi connectivity index (χ4n) is 2.90. The lowest BCUT2D eigenvalue weighted by molar-refractivity contribution is 0.00578. The van der Waals surface area contributed by atoms with Crippen LogP contribution in [0.1, 0.15) is 43.6 Å². The van der Waals surface area contributed by atoms with E-state index in [0.717, 1.165) is 5.56 Å². The van der Waals surface area contributed by atoms with Crippen molar-refractivity contribution >= 4 is 18.6 Å². The van der Waals surface area contributed by atoms with E-state index in [-0.39, 0.29) is 23.4 Å². The number of benzene rings is 2. The van der Waals surface area contributed by atoms with Crippen LogP contribution < -0.4 is 10.2 Å². The van der Waals surface area contributed by atoms with Gasteiger partial charge in [-0.2, -0.15) is 0 Å². The van der Waals surface area contributed by atoms with Gasteiger partial charge < -0.3 is 18.8 Å². The van der Waals surface area contributed by atoms with E-state index in [1.165, 1.54) is 19.2 Å². The molecule has 0 aliphatic carbocycles. The smallest absolute Gasteiger partial charge is 0.486 e. The van der Waals surface area contributed by atoms with Gasteiger partial charge >= 0.3 is 13.1 Å². The molecule has 5 nitrogen and oxygen atoms in total. The van der Waals surface area contributed by atoms with E-state index in [0.29, 0.717) is 0 Å². The van der Waals surface area contributed by atoms with Gasteiger partial charge in [-0.1, -0.05) is 30.3 Å². The van der Waals surface area contributed by atoms with Gasteiger partial charge in [-0.3, -0.25) is 0 Å². The van der Waals surface area contributed by atoms with Crippen LogP contribution in [-0.2, 0) is 20.7 Å². The van der Waals surface area contributed by atoms with Gasteiger partial charge in [0.15, 0.2) is 11.6 Å². The number of hydrogen-bond donors (Lipinski definition) is 0. The van der Waals surface area contributed by atoms with Crippen LogP contribution in [0.3, 0.4) is 0 Å². The van der Waals surface area contributed by atoms with Crippen LogP contribution in [0.5, 0.6) is 5.75 Å². The second-order valence-electron chi connectivity index (χ2n) is 7.69. The molecular formula is C21H24BFO5. The Morgan fingerprint density at radius 2 is 1.64 bits per heavy atom. The summed E-state index contributed by atoms with van der Waals surface area (Å²) in [6, 6.07) is 12.3. The molecule has 148 valence electrons. The van der Waals surface area contributed by atoms with E-state index in [1.807, 2.05) is 58.0 Å². The molecule has 7 heteroatoms. The Labute approximate surface area is 164 Å². The van der Waals surface area contributed by atoms with Crippen molar-refractivity contribution in [2.75, 3.05) is 7.11 Å². The third-order valence-corrected chi connectivity index (χ3v) is 5.28. The lowest BCUT2D eigenvalue weighted by atomic mass is 9.75. The highest BCUT2D eigenvalue weighted by Gasteiger charge is 2.53. The number of ether oxygens (including phenoxy) is 2. The molecule has 28 heavy (non-hydrogen) atoms. The minimum atomic E-state index is -1.06. The first-order chi connectivity index (χ1) is 13.2. The van der Waals surface area contributed by atoms with E-state index >= 15 is 4.39 Å². The van der Waals surface area contributed by atoms with Gasteiger partial charge in [0, 0.05) is 5.46 Å². The van der Waals surface area contributed by atoms with Crippen molar-refractivity contribution in [3.05, 3.63) is 59.4 Å². The summed E-state index contributed by atoms with van der Waals surface area (Å²) in [4.78, 5) is 12.2. The van der Waals surface area contributed by atoms with Crippen molar-refractivity contribution in [3.63, 3.8) is 0 Å². The van der Waals surface area contributed by atoms with Crippen LogP contribution in [0.15, 0.2) is 42.5 Å². The molecule has 3 rings (SSSR count). The van der Waals surface area contributed by atoms with Crippen molar-refractivity contribution in [3.8, 4) is 5.75 Å². The predicted octanol–water partition coefficient (Wildman–Crippen LogP) is 3.49. The molecule has 0 radical (unpaired) electrons. The van der Waals surface area contributed by atoms with Gasteiger partial charge in [-0.25, -0.2) is 9.18 Å². The second kappa shape index (κ2) is 7.56. The second-order valence-corrected chi connectivity index (χ2v) is 7.69. The zero-order valence-corrected chi connectivity index (χ0v) is 16.7. The molecular weight excluding hydrogens is 362 g/mol. The third-order valence-electron chi connectivity index (χ3n) is 5.28. The predicted molar refractivity (Wildman–Crippen MR) is 104 cm³/mol. The van der Waals surface area contributed by atoms with E-state index in [1.54, 1.807) is 0 Å². The Kier molecular flexibility index (Phi) is 5.50. The highest BCUT2D eigenvalue weighted by Crippen LogP contribution is 2.37. The first kappa shape index (κ1) is 20.4. The van der Waals surface area contributed by atoms with Gasteiger partial charge in [0.25, 0.3) is 0 Å². The summed E-state index contributed by atoms with van der Waals surface area (Å²) in [5.41, 5.74) is -0.436. The molecule has 0 amide bonds.